The molecule has 0 aliphatic heterocycles. The molecular weight excluding hydrogens is 302 g/mol. The minimum atomic E-state index is 0.0903. The van der Waals surface area contributed by atoms with Gasteiger partial charge in [-0.3, -0.25) is 4.79 Å². The summed E-state index contributed by atoms with van der Waals surface area (Å²) in [4.78, 5) is 12.3. The Bertz CT molecular complexity index is 462. The van der Waals surface area contributed by atoms with E-state index in [1.54, 1.807) is 0 Å². The molecule has 0 bridgehead atoms. The monoisotopic (exact) mass is 323 g/mol. The molecule has 0 unspecified atom stereocenters. The zero-order valence-electron chi connectivity index (χ0n) is 12.1. The number of alkyl halides is 1. The summed E-state index contributed by atoms with van der Waals surface area (Å²) >= 11 is 3.43. The second kappa shape index (κ2) is 4.93. The van der Waals surface area contributed by atoms with Gasteiger partial charge in [0.2, 0.25) is 5.91 Å². The van der Waals surface area contributed by atoms with Gasteiger partial charge in [-0.15, -0.1) is 0 Å². The van der Waals surface area contributed by atoms with E-state index in [1.807, 2.05) is 12.1 Å². The zero-order valence-corrected chi connectivity index (χ0v) is 13.7. The predicted octanol–water partition coefficient (Wildman–Crippen LogP) is 4.24. The van der Waals surface area contributed by atoms with Crippen molar-refractivity contribution >= 4 is 27.5 Å². The van der Waals surface area contributed by atoms with Crippen molar-refractivity contribution in [1.29, 1.82) is 0 Å². The standard InChI is InChI=1S/C16H22BrNO/c1-15(2)13(16(15,3)4)14(19)18-12-7-5-11(6-8-12)9-10-17/h5-8,13H,9-10H2,1-4H3,(H,18,19). The Labute approximate surface area is 124 Å². The molecule has 0 aromatic heterocycles. The molecule has 0 radical (unpaired) electrons. The highest BCUT2D eigenvalue weighted by Gasteiger charge is 2.68. The lowest BCUT2D eigenvalue weighted by atomic mass is 10.0. The molecule has 1 aliphatic carbocycles. The third-order valence-electron chi connectivity index (χ3n) is 4.89. The van der Waals surface area contributed by atoms with Crippen LogP contribution >= 0.6 is 15.9 Å². The van der Waals surface area contributed by atoms with E-state index in [9.17, 15) is 4.79 Å². The highest BCUT2D eigenvalue weighted by Crippen LogP contribution is 2.68. The molecular formula is C16H22BrNO. The van der Waals surface area contributed by atoms with Crippen LogP contribution in [-0.4, -0.2) is 11.2 Å². The smallest absolute Gasteiger partial charge is 0.228 e. The number of halogens is 1. The first-order valence-corrected chi connectivity index (χ1v) is 7.88. The first kappa shape index (κ1) is 14.6. The van der Waals surface area contributed by atoms with Crippen LogP contribution < -0.4 is 5.32 Å². The van der Waals surface area contributed by atoms with Gasteiger partial charge < -0.3 is 5.32 Å². The van der Waals surface area contributed by atoms with E-state index in [4.69, 9.17) is 0 Å². The van der Waals surface area contributed by atoms with E-state index in [1.165, 1.54) is 5.56 Å². The topological polar surface area (TPSA) is 29.1 Å². The van der Waals surface area contributed by atoms with Gasteiger partial charge in [0.05, 0.1) is 0 Å². The maximum absolute atomic E-state index is 12.3. The van der Waals surface area contributed by atoms with E-state index in [2.05, 4.69) is 61.1 Å². The number of amides is 1. The Hall–Kier alpha value is -0.830. The predicted molar refractivity (Wildman–Crippen MR) is 83.6 cm³/mol. The van der Waals surface area contributed by atoms with Crippen molar-refractivity contribution in [1.82, 2.24) is 0 Å². The van der Waals surface area contributed by atoms with Crippen LogP contribution in [0.25, 0.3) is 0 Å². The number of aryl methyl sites for hydroxylation is 1. The van der Waals surface area contributed by atoms with Crippen LogP contribution in [0.2, 0.25) is 0 Å². The molecule has 1 N–H and O–H groups in total. The number of nitrogens with one attached hydrogen (secondary N) is 1. The number of anilines is 1. The summed E-state index contributed by atoms with van der Waals surface area (Å²) in [7, 11) is 0. The Balaban J connectivity index is 2.01. The lowest BCUT2D eigenvalue weighted by Gasteiger charge is -2.07. The largest absolute Gasteiger partial charge is 0.326 e. The molecule has 2 rings (SSSR count). The summed E-state index contributed by atoms with van der Waals surface area (Å²) in [5.41, 5.74) is 2.35. The molecule has 1 amide bonds. The van der Waals surface area contributed by atoms with Gasteiger partial charge in [-0.1, -0.05) is 55.8 Å². The average molecular weight is 324 g/mol. The number of hydrogen-bond donors (Lipinski definition) is 1. The summed E-state index contributed by atoms with van der Waals surface area (Å²) in [5.74, 6) is 0.241. The van der Waals surface area contributed by atoms with Crippen LogP contribution in [0.15, 0.2) is 24.3 Å². The molecule has 3 heteroatoms. The molecule has 19 heavy (non-hydrogen) atoms. The summed E-state index contributed by atoms with van der Waals surface area (Å²) < 4.78 is 0. The fourth-order valence-corrected chi connectivity index (χ4v) is 3.39. The highest BCUT2D eigenvalue weighted by molar-refractivity contribution is 9.09. The van der Waals surface area contributed by atoms with Gasteiger partial charge >= 0.3 is 0 Å². The SMILES string of the molecule is CC1(C)C(C(=O)Nc2ccc(CCBr)cc2)C1(C)C. The minimum absolute atomic E-state index is 0.0903. The molecule has 0 atom stereocenters. The Morgan fingerprint density at radius 3 is 2.11 bits per heavy atom. The van der Waals surface area contributed by atoms with Crippen molar-refractivity contribution in [2.45, 2.75) is 34.1 Å². The first-order valence-electron chi connectivity index (χ1n) is 6.76. The molecule has 1 aromatic rings. The van der Waals surface area contributed by atoms with E-state index >= 15 is 0 Å². The molecule has 0 saturated heterocycles. The van der Waals surface area contributed by atoms with E-state index in [0.717, 1.165) is 17.4 Å². The van der Waals surface area contributed by atoms with Crippen LogP contribution in [0, 0.1) is 16.7 Å². The van der Waals surface area contributed by atoms with Crippen molar-refractivity contribution in [3.8, 4) is 0 Å². The summed E-state index contributed by atoms with van der Waals surface area (Å²) in [5, 5.41) is 4.00. The van der Waals surface area contributed by atoms with Crippen LogP contribution in [0.1, 0.15) is 33.3 Å². The minimum Gasteiger partial charge on any atom is -0.326 e. The van der Waals surface area contributed by atoms with E-state index in [-0.39, 0.29) is 22.7 Å². The second-order valence-corrected chi connectivity index (χ2v) is 7.29. The fourth-order valence-electron chi connectivity index (χ4n) is 2.93. The van der Waals surface area contributed by atoms with Crippen molar-refractivity contribution in [3.63, 3.8) is 0 Å². The molecule has 1 aliphatic rings. The fraction of sp³-hybridized carbons (Fsp3) is 0.562. The molecule has 0 heterocycles. The number of carbonyl (C=O) groups is 1. The van der Waals surface area contributed by atoms with Gasteiger partial charge in [-0.05, 0) is 34.9 Å². The number of hydrogen-bond acceptors (Lipinski definition) is 1. The Morgan fingerprint density at radius 2 is 1.68 bits per heavy atom. The summed E-state index contributed by atoms with van der Waals surface area (Å²) in [6.45, 7) is 8.65. The number of rotatable bonds is 4. The second-order valence-electron chi connectivity index (χ2n) is 6.50. The average Bonchev–Trinajstić information content (AvgIpc) is 2.72. The lowest BCUT2D eigenvalue weighted by Crippen LogP contribution is -2.17. The van der Waals surface area contributed by atoms with Crippen molar-refractivity contribution in [2.24, 2.45) is 16.7 Å². The highest BCUT2D eigenvalue weighted by atomic mass is 79.9. The van der Waals surface area contributed by atoms with E-state index < -0.39 is 0 Å². The quantitative estimate of drug-likeness (QED) is 0.825. The van der Waals surface area contributed by atoms with Crippen molar-refractivity contribution in [2.75, 3.05) is 10.6 Å². The first-order chi connectivity index (χ1) is 8.80. The van der Waals surface area contributed by atoms with Crippen LogP contribution in [0.4, 0.5) is 5.69 Å². The lowest BCUT2D eigenvalue weighted by molar-refractivity contribution is -0.118. The Kier molecular flexibility index (Phi) is 3.78. The van der Waals surface area contributed by atoms with Crippen LogP contribution in [0.5, 0.6) is 0 Å². The third kappa shape index (κ3) is 2.58. The Morgan fingerprint density at radius 1 is 1.16 bits per heavy atom. The molecule has 2 nitrogen and oxygen atoms in total. The normalized spacial score (nSPS) is 20.1. The van der Waals surface area contributed by atoms with Gasteiger partial charge in [-0.25, -0.2) is 0 Å². The molecule has 1 fully saturated rings. The van der Waals surface area contributed by atoms with E-state index in [0.29, 0.717) is 0 Å². The van der Waals surface area contributed by atoms with Crippen LogP contribution in [-0.2, 0) is 11.2 Å². The third-order valence-corrected chi connectivity index (χ3v) is 5.28. The van der Waals surface area contributed by atoms with Gasteiger partial charge in [0, 0.05) is 16.9 Å². The summed E-state index contributed by atoms with van der Waals surface area (Å²) in [6.07, 6.45) is 1.01. The van der Waals surface area contributed by atoms with Gasteiger partial charge in [0.1, 0.15) is 0 Å². The maximum atomic E-state index is 12.3. The zero-order chi connectivity index (χ0) is 14.3. The van der Waals surface area contributed by atoms with Gasteiger partial charge in [0.15, 0.2) is 0 Å². The molecule has 1 saturated carbocycles. The molecule has 104 valence electrons. The number of carbonyl (C=O) groups excluding carboxylic acids is 1. The summed E-state index contributed by atoms with van der Waals surface area (Å²) in [6, 6.07) is 8.11. The van der Waals surface area contributed by atoms with Gasteiger partial charge in [0.25, 0.3) is 0 Å². The van der Waals surface area contributed by atoms with Crippen LogP contribution in [0.3, 0.4) is 0 Å². The van der Waals surface area contributed by atoms with Crippen molar-refractivity contribution in [3.05, 3.63) is 29.8 Å². The number of benzene rings is 1. The molecule has 1 aromatic carbocycles. The van der Waals surface area contributed by atoms with Crippen molar-refractivity contribution < 1.29 is 4.79 Å². The van der Waals surface area contributed by atoms with Gasteiger partial charge in [-0.2, -0.15) is 0 Å². The molecule has 0 spiro atoms. The maximum Gasteiger partial charge on any atom is 0.228 e.